The molecule has 0 aliphatic carbocycles. The zero-order chi connectivity index (χ0) is 0. The molecule has 83 heteroatoms. The summed E-state index contributed by atoms with van der Waals surface area (Å²) in [5, 5.41) is 0. The summed E-state index contributed by atoms with van der Waals surface area (Å²) in [6, 6.07) is 0. The van der Waals surface area contributed by atoms with Crippen molar-refractivity contribution in [3.8, 4) is 0 Å². The van der Waals surface area contributed by atoms with E-state index in [2.05, 4.69) is 0 Å². The molecule has 0 atom stereocenters. The van der Waals surface area contributed by atoms with Crippen molar-refractivity contribution in [2.75, 3.05) is 0 Å². The molecule has 0 N–H and O–H groups in total. The fourth-order valence-electron chi connectivity index (χ4n) is 0. The molecule has 0 heterocycles. The Labute approximate surface area is 3070 Å². The van der Waals surface area contributed by atoms with E-state index >= 15 is 0 Å². The molecule has 0 nitrogen and oxygen atoms in total. The maximum Gasteiger partial charge on any atom is 0 e. The fourth-order valence-corrected chi connectivity index (χ4v) is 0. The standard InChI is InChI=1S/83Tb. The topological polar surface area (TPSA) is 0 Å². The van der Waals surface area contributed by atoms with E-state index in [1.54, 1.807) is 0 Å². The van der Waals surface area contributed by atoms with Crippen LogP contribution in [0.15, 0.2) is 0 Å². The first-order valence-corrected chi connectivity index (χ1v) is 0. The predicted octanol–water partition coefficient (Wildman–Crippen LogP) is 0. The summed E-state index contributed by atoms with van der Waals surface area (Å²) in [4.78, 5) is 0. The molecule has 0 rings (SSSR count). The van der Waals surface area contributed by atoms with Gasteiger partial charge in [0, 0.05) is 3200 Å². The Hall–Kier alpha value is 107. The van der Waals surface area contributed by atoms with Crippen molar-refractivity contribution in [3.63, 3.8) is 0 Å². The van der Waals surface area contributed by atoms with Crippen LogP contribution >= 0.6 is 0 Å². The molecule has 0 unspecified atom stereocenters. The van der Waals surface area contributed by atoms with Gasteiger partial charge in [0.25, 0.3) is 0 Å². The van der Waals surface area contributed by atoms with Crippen LogP contribution in [0.4, 0.5) is 0 Å². The third-order valence-electron chi connectivity index (χ3n) is 0. The third-order valence-corrected chi connectivity index (χ3v) is 0. The molecule has 0 aromatic carbocycles. The second-order valence-corrected chi connectivity index (χ2v) is 0. The summed E-state index contributed by atoms with van der Waals surface area (Å²) >= 11 is 0. The molecule has 0 amide bonds. The van der Waals surface area contributed by atoms with Gasteiger partial charge in [-0.2, -0.15) is 0 Å². The van der Waals surface area contributed by atoms with Crippen LogP contribution < -0.4 is 0 Å². The van der Waals surface area contributed by atoms with Crippen LogP contribution in [0.2, 0.25) is 0 Å². The molecule has 0 bridgehead atoms. The van der Waals surface area contributed by atoms with Gasteiger partial charge in [0.1, 0.15) is 0 Å². The SMILES string of the molecule is [Tb].[Tb].[Tb].[Tb].[Tb].[Tb].[Tb].[Tb].[Tb].[Tb].[Tb].[Tb].[Tb].[Tb].[Tb].[Tb].[Tb].[Tb].[Tb].[Tb].[Tb].[Tb].[Tb].[Tb].[Tb].[Tb].[Tb].[Tb].[Tb].[Tb].[Tb].[Tb].[Tb].[Tb].[Tb].[Tb].[Tb].[Tb].[Tb].[Tb].[Tb].[Tb].[Tb].[Tb].[Tb].[Tb].[Tb].[Tb].[Tb].[Tb].[Tb].[Tb].[Tb].[Tb].[Tb].[Tb].[Tb].[Tb].[Tb].[Tb].[Tb].[Tb].[Tb].[Tb].[Tb].[Tb].[Tb].[Tb].[Tb].[Tb].[Tb].[Tb].[Tb].[Tb].[Tb].[Tb].[Tb].[Tb].[Tb].[Tb].[Tb].[Tb].[Tb]. The van der Waals surface area contributed by atoms with Crippen molar-refractivity contribution >= 4 is 0 Å². The maximum absolute atomic E-state index is 0. The number of hydrogen-bond donors (Lipinski definition) is 0. The molecule has 0 saturated carbocycles. The molecule has 747 valence electrons. The minimum Gasteiger partial charge on any atom is 0 e. The van der Waals surface area contributed by atoms with Crippen LogP contribution in [0.3, 0.4) is 0 Å². The second-order valence-electron chi connectivity index (χ2n) is 0. The Balaban J connectivity index is 0. The smallest absolute Gasteiger partial charge is 0 e. The van der Waals surface area contributed by atoms with Crippen LogP contribution in [0.5, 0.6) is 0 Å². The van der Waals surface area contributed by atoms with Crippen LogP contribution in [-0.4, -0.2) is 0 Å². The summed E-state index contributed by atoms with van der Waals surface area (Å²) < 4.78 is 0. The molecule has 83 heavy (non-hydrogen) atoms. The first-order chi connectivity index (χ1) is 0. The molecular weight excluding hydrogens is 13200 g/mol. The Morgan fingerprint density at radius 1 is 0.0120 bits per heavy atom. The average molecular weight is 13200 g/mol. The quantitative estimate of drug-likeness (QED) is 0.321. The Kier molecular flexibility index (Phi) is 4170. The monoisotopic (exact) mass is 13200 g/mol. The van der Waals surface area contributed by atoms with Crippen LogP contribution in [0.1, 0.15) is 0 Å². The van der Waals surface area contributed by atoms with Gasteiger partial charge in [0.2, 0.25) is 0 Å². The average Bonchev–Trinajstić information content (AvgIpc) is 0. The summed E-state index contributed by atoms with van der Waals surface area (Å²) in [6.45, 7) is 0. The second kappa shape index (κ2) is 584. The summed E-state index contributed by atoms with van der Waals surface area (Å²) in [7, 11) is 0. The van der Waals surface area contributed by atoms with E-state index in [0.717, 1.165) is 0 Å². The Morgan fingerprint density at radius 2 is 0.0120 bits per heavy atom. The summed E-state index contributed by atoms with van der Waals surface area (Å²) in [5.41, 5.74) is 0. The van der Waals surface area contributed by atoms with Crippen molar-refractivity contribution in [2.24, 2.45) is 0 Å². The molecule has 83 radical (unpaired) electrons. The maximum atomic E-state index is 0. The van der Waals surface area contributed by atoms with Crippen LogP contribution in [0, 0.1) is 3200 Å². The fraction of sp³-hybridized carbons (Fsp3) is 0. The zero-order valence-electron chi connectivity index (χ0n) is 27.7. The van der Waals surface area contributed by atoms with Gasteiger partial charge < -0.3 is 0 Å². The van der Waals surface area contributed by atoms with Crippen LogP contribution in [-0.2, 0) is 0 Å². The van der Waals surface area contributed by atoms with Crippen molar-refractivity contribution in [2.45, 2.75) is 0 Å². The predicted molar refractivity (Wildman–Crippen MR) is 0 cm³/mol. The number of rotatable bonds is 0. The first kappa shape index (κ1) is 593. The molecule has 0 aromatic rings. The molecular formula is Tb83. The van der Waals surface area contributed by atoms with E-state index in [4.69, 9.17) is 0 Å². The van der Waals surface area contributed by atoms with E-state index in [0.29, 0.717) is 0 Å². The molecule has 0 fully saturated rings. The van der Waals surface area contributed by atoms with Gasteiger partial charge >= 0.3 is 0 Å². The third kappa shape index (κ3) is 578. The normalized spacial score (nSPS) is 0. The van der Waals surface area contributed by atoms with Crippen LogP contribution in [0.25, 0.3) is 0 Å². The first-order valence-electron chi connectivity index (χ1n) is 0. The molecule has 0 spiro atoms. The summed E-state index contributed by atoms with van der Waals surface area (Å²) in [5.74, 6) is 0. The minimum atomic E-state index is 0. The molecule has 0 aromatic heterocycles. The van der Waals surface area contributed by atoms with E-state index in [9.17, 15) is 0 Å². The van der Waals surface area contributed by atoms with E-state index in [1.165, 1.54) is 0 Å². The molecule has 0 aliphatic heterocycles. The summed E-state index contributed by atoms with van der Waals surface area (Å²) in [6.07, 6.45) is 0. The van der Waals surface area contributed by atoms with E-state index < -0.39 is 0 Å². The van der Waals surface area contributed by atoms with Gasteiger partial charge in [-0.1, -0.05) is 0 Å². The van der Waals surface area contributed by atoms with Crippen molar-refractivity contribution in [1.29, 1.82) is 0 Å². The molecule has 0 aliphatic rings. The number of hydrogen-bond acceptors (Lipinski definition) is 0. The van der Waals surface area contributed by atoms with Gasteiger partial charge in [-0.05, 0) is 0 Å². The van der Waals surface area contributed by atoms with Crippen molar-refractivity contribution in [3.05, 3.63) is 0 Å². The van der Waals surface area contributed by atoms with Gasteiger partial charge in [0.05, 0.1) is 0 Å². The van der Waals surface area contributed by atoms with Gasteiger partial charge in [0.15, 0.2) is 0 Å². The van der Waals surface area contributed by atoms with E-state index in [1.807, 2.05) is 0 Å². The van der Waals surface area contributed by atoms with Crippen molar-refractivity contribution in [1.82, 2.24) is 0 Å². The largest absolute Gasteiger partial charge is 0 e. The Bertz CT molecular complexity index is 0. The zero-order valence-corrected chi connectivity index (χ0v) is 205. The van der Waals surface area contributed by atoms with Gasteiger partial charge in [-0.3, -0.25) is 0 Å². The van der Waals surface area contributed by atoms with Gasteiger partial charge in [-0.25, -0.2) is 0 Å². The Morgan fingerprint density at radius 3 is 0.0120 bits per heavy atom. The van der Waals surface area contributed by atoms with Gasteiger partial charge in [-0.15, -0.1) is 0 Å². The van der Waals surface area contributed by atoms with Crippen molar-refractivity contribution < 1.29 is 3200 Å². The molecule has 0 saturated heterocycles. The van der Waals surface area contributed by atoms with E-state index in [-0.39, 0.29) is 3200 Å². The minimum absolute atomic E-state index is 0.